The molecule has 3 aromatic rings. The highest BCUT2D eigenvalue weighted by atomic mass is 32.2. The number of nitrogens with zero attached hydrogens (tertiary/aromatic N) is 6. The van der Waals surface area contributed by atoms with E-state index in [2.05, 4.69) is 42.1 Å². The predicted molar refractivity (Wildman–Crippen MR) is 132 cm³/mol. The van der Waals surface area contributed by atoms with Crippen LogP contribution in [0, 0.1) is 0 Å². The van der Waals surface area contributed by atoms with Gasteiger partial charge in [-0.05, 0) is 37.0 Å². The van der Waals surface area contributed by atoms with Gasteiger partial charge in [-0.2, -0.15) is 9.97 Å². The Bertz CT molecular complexity index is 1170. The van der Waals surface area contributed by atoms with Crippen molar-refractivity contribution in [3.05, 3.63) is 36.3 Å². The van der Waals surface area contributed by atoms with Crippen LogP contribution < -0.4 is 25.4 Å². The first-order chi connectivity index (χ1) is 16.9. The molecule has 1 amide bonds. The minimum absolute atomic E-state index is 0.181. The number of piperazine rings is 1. The van der Waals surface area contributed by atoms with E-state index < -0.39 is 5.91 Å². The number of aromatic nitrogens is 4. The molecule has 0 aliphatic carbocycles. The van der Waals surface area contributed by atoms with E-state index in [9.17, 15) is 4.79 Å². The molecule has 184 valence electrons. The Morgan fingerprint density at radius 1 is 1.14 bits per heavy atom. The molecule has 0 bridgehead atoms. The quantitative estimate of drug-likeness (QED) is 0.346. The second kappa shape index (κ2) is 11.1. The minimum Gasteiger partial charge on any atom is -0.480 e. The SMILES string of the molecule is COc1nc(N2CCN(C)CC2)nc(OC)c1Sc1nc(N)cc(NC(=O)C=Cc2ccco2)n1. The maximum absolute atomic E-state index is 12.3. The molecule has 0 spiro atoms. The highest BCUT2D eigenvalue weighted by Crippen LogP contribution is 2.40. The van der Waals surface area contributed by atoms with E-state index in [-0.39, 0.29) is 16.8 Å². The Balaban J connectivity index is 1.55. The average molecular weight is 499 g/mol. The Kier molecular flexibility index (Phi) is 7.67. The Labute approximate surface area is 206 Å². The van der Waals surface area contributed by atoms with E-state index in [1.54, 1.807) is 18.2 Å². The number of carbonyl (C=O) groups is 1. The van der Waals surface area contributed by atoms with Gasteiger partial charge in [0.05, 0.1) is 20.5 Å². The summed E-state index contributed by atoms with van der Waals surface area (Å²) < 4.78 is 16.3. The zero-order valence-corrected chi connectivity index (χ0v) is 20.4. The van der Waals surface area contributed by atoms with Gasteiger partial charge in [0.25, 0.3) is 0 Å². The summed E-state index contributed by atoms with van der Waals surface area (Å²) in [6, 6.07) is 4.93. The fraction of sp³-hybridized carbons (Fsp3) is 0.318. The van der Waals surface area contributed by atoms with E-state index in [4.69, 9.17) is 19.6 Å². The maximum Gasteiger partial charge on any atom is 0.249 e. The van der Waals surface area contributed by atoms with Crippen LogP contribution in [0.25, 0.3) is 6.08 Å². The van der Waals surface area contributed by atoms with Crippen molar-refractivity contribution in [1.82, 2.24) is 24.8 Å². The molecule has 0 radical (unpaired) electrons. The molecule has 1 aliphatic heterocycles. The number of amides is 1. The van der Waals surface area contributed by atoms with E-state index in [0.717, 1.165) is 37.9 Å². The van der Waals surface area contributed by atoms with Gasteiger partial charge in [0.2, 0.25) is 23.6 Å². The highest BCUT2D eigenvalue weighted by Gasteiger charge is 2.24. The molecule has 0 unspecified atom stereocenters. The van der Waals surface area contributed by atoms with Crippen LogP contribution in [0.3, 0.4) is 0 Å². The summed E-state index contributed by atoms with van der Waals surface area (Å²) in [6.07, 6.45) is 4.40. The molecule has 1 saturated heterocycles. The number of nitrogen functional groups attached to an aromatic ring is 1. The fourth-order valence-electron chi connectivity index (χ4n) is 3.27. The Hall–Kier alpha value is -3.84. The average Bonchev–Trinajstić information content (AvgIpc) is 3.37. The molecule has 4 rings (SSSR count). The van der Waals surface area contributed by atoms with E-state index in [0.29, 0.717) is 28.4 Å². The smallest absolute Gasteiger partial charge is 0.249 e. The third-order valence-corrected chi connectivity index (χ3v) is 6.00. The van der Waals surface area contributed by atoms with Crippen molar-refractivity contribution in [2.75, 3.05) is 63.4 Å². The lowest BCUT2D eigenvalue weighted by atomic mass is 10.3. The van der Waals surface area contributed by atoms with Crippen LogP contribution in [-0.2, 0) is 4.79 Å². The molecule has 0 saturated carbocycles. The number of rotatable bonds is 8. The standard InChI is InChI=1S/C22H26N8O4S/c1-29-8-10-30(11-9-29)21-27-19(32-2)18(20(28-21)33-3)35-22-24-15(23)13-16(26-22)25-17(31)7-6-14-5-4-12-34-14/h4-7,12-13H,8-11H2,1-3H3,(H3,23,24,25,26,31). The lowest BCUT2D eigenvalue weighted by molar-refractivity contribution is -0.111. The van der Waals surface area contributed by atoms with Crippen LogP contribution in [0.5, 0.6) is 11.8 Å². The summed E-state index contributed by atoms with van der Waals surface area (Å²) >= 11 is 1.12. The first-order valence-corrected chi connectivity index (χ1v) is 11.6. The zero-order valence-electron chi connectivity index (χ0n) is 19.6. The molecule has 12 nitrogen and oxygen atoms in total. The van der Waals surface area contributed by atoms with E-state index in [1.807, 2.05) is 0 Å². The Morgan fingerprint density at radius 3 is 2.49 bits per heavy atom. The van der Waals surface area contributed by atoms with Crippen molar-refractivity contribution >= 4 is 41.3 Å². The van der Waals surface area contributed by atoms with Gasteiger partial charge in [0.1, 0.15) is 22.3 Å². The normalized spacial score (nSPS) is 14.3. The van der Waals surface area contributed by atoms with Gasteiger partial charge in [0, 0.05) is 38.3 Å². The Morgan fingerprint density at radius 2 is 1.86 bits per heavy atom. The summed E-state index contributed by atoms with van der Waals surface area (Å²) in [5.74, 6) is 1.76. The molecule has 4 heterocycles. The summed E-state index contributed by atoms with van der Waals surface area (Å²) in [4.78, 5) is 34.9. The maximum atomic E-state index is 12.3. The highest BCUT2D eigenvalue weighted by molar-refractivity contribution is 7.99. The van der Waals surface area contributed by atoms with Crippen LogP contribution >= 0.6 is 11.8 Å². The molecule has 3 aromatic heterocycles. The number of methoxy groups -OCH3 is 2. The number of anilines is 3. The van der Waals surface area contributed by atoms with Crippen molar-refractivity contribution in [1.29, 1.82) is 0 Å². The summed E-state index contributed by atoms with van der Waals surface area (Å²) in [5.41, 5.74) is 5.96. The van der Waals surface area contributed by atoms with Gasteiger partial charge in [-0.15, -0.1) is 0 Å². The molecule has 1 aliphatic rings. The van der Waals surface area contributed by atoms with Crippen LogP contribution in [0.1, 0.15) is 5.76 Å². The van der Waals surface area contributed by atoms with Crippen molar-refractivity contribution in [2.24, 2.45) is 0 Å². The van der Waals surface area contributed by atoms with E-state index in [1.165, 1.54) is 32.6 Å². The van der Waals surface area contributed by atoms with Gasteiger partial charge >= 0.3 is 0 Å². The van der Waals surface area contributed by atoms with Crippen molar-refractivity contribution in [2.45, 2.75) is 10.1 Å². The molecule has 13 heteroatoms. The molecule has 0 aromatic carbocycles. The molecule has 35 heavy (non-hydrogen) atoms. The van der Waals surface area contributed by atoms with E-state index >= 15 is 0 Å². The van der Waals surface area contributed by atoms with Gasteiger partial charge in [-0.1, -0.05) is 0 Å². The van der Waals surface area contributed by atoms with Gasteiger partial charge in [0.15, 0.2) is 5.16 Å². The number of hydrogen-bond donors (Lipinski definition) is 2. The van der Waals surface area contributed by atoms with Crippen LogP contribution in [0.2, 0.25) is 0 Å². The largest absolute Gasteiger partial charge is 0.480 e. The number of furan rings is 1. The lowest BCUT2D eigenvalue weighted by Gasteiger charge is -2.32. The van der Waals surface area contributed by atoms with Gasteiger partial charge in [-0.3, -0.25) is 4.79 Å². The monoisotopic (exact) mass is 498 g/mol. The minimum atomic E-state index is -0.398. The first kappa shape index (κ1) is 24.3. The summed E-state index contributed by atoms with van der Waals surface area (Å²) in [6.45, 7) is 3.41. The molecule has 1 fully saturated rings. The molecule has 3 N–H and O–H groups in total. The summed E-state index contributed by atoms with van der Waals surface area (Å²) in [7, 11) is 5.13. The molecular formula is C22H26N8O4S. The second-order valence-electron chi connectivity index (χ2n) is 7.56. The second-order valence-corrected chi connectivity index (χ2v) is 8.54. The fourth-order valence-corrected chi connectivity index (χ4v) is 4.18. The van der Waals surface area contributed by atoms with Gasteiger partial charge in [-0.25, -0.2) is 9.97 Å². The topological polar surface area (TPSA) is 145 Å². The number of nitrogens with one attached hydrogen (secondary N) is 1. The number of hydrogen-bond acceptors (Lipinski definition) is 12. The van der Waals surface area contributed by atoms with Gasteiger partial charge < -0.3 is 34.7 Å². The first-order valence-electron chi connectivity index (χ1n) is 10.7. The number of nitrogens with two attached hydrogens (primary N) is 1. The van der Waals surface area contributed by atoms with Crippen LogP contribution in [0.15, 0.2) is 45.0 Å². The molecule has 0 atom stereocenters. The summed E-state index contributed by atoms with van der Waals surface area (Å²) in [5, 5.41) is 2.93. The number of carbonyl (C=O) groups excluding carboxylic acids is 1. The number of ether oxygens (including phenoxy) is 2. The lowest BCUT2D eigenvalue weighted by Crippen LogP contribution is -2.45. The predicted octanol–water partition coefficient (Wildman–Crippen LogP) is 2.01. The van der Waals surface area contributed by atoms with Crippen molar-refractivity contribution < 1.29 is 18.7 Å². The number of likely N-dealkylation sites (N-methyl/N-ethyl adjacent to an activating group) is 1. The van der Waals surface area contributed by atoms with Crippen molar-refractivity contribution in [3.8, 4) is 11.8 Å². The zero-order chi connectivity index (χ0) is 24.8. The van der Waals surface area contributed by atoms with Crippen molar-refractivity contribution in [3.63, 3.8) is 0 Å². The van der Waals surface area contributed by atoms with Crippen LogP contribution in [0.4, 0.5) is 17.6 Å². The molecular weight excluding hydrogens is 472 g/mol. The third-order valence-electron chi connectivity index (χ3n) is 5.08. The third kappa shape index (κ3) is 6.19. The van der Waals surface area contributed by atoms with Crippen LogP contribution in [-0.4, -0.2) is 78.2 Å².